The predicted molar refractivity (Wildman–Crippen MR) is 81.5 cm³/mol. The maximum absolute atomic E-state index is 9.55. The van der Waals surface area contributed by atoms with E-state index in [-0.39, 0.29) is 5.75 Å². The zero-order chi connectivity index (χ0) is 13.8. The molecule has 1 saturated heterocycles. The van der Waals surface area contributed by atoms with Crippen LogP contribution in [-0.2, 0) is 0 Å². The van der Waals surface area contributed by atoms with E-state index in [4.69, 9.17) is 23.2 Å². The molecule has 1 heterocycles. The van der Waals surface area contributed by atoms with Crippen LogP contribution in [0, 0.1) is 0 Å². The van der Waals surface area contributed by atoms with Crippen molar-refractivity contribution in [1.82, 2.24) is 4.90 Å². The van der Waals surface area contributed by atoms with Gasteiger partial charge in [-0.15, -0.1) is 0 Å². The van der Waals surface area contributed by atoms with Gasteiger partial charge in [0.25, 0.3) is 0 Å². The van der Waals surface area contributed by atoms with Crippen LogP contribution in [0.5, 0.6) is 5.75 Å². The van der Waals surface area contributed by atoms with E-state index in [2.05, 4.69) is 17.1 Å². The molecule has 1 aromatic carbocycles. The van der Waals surface area contributed by atoms with Gasteiger partial charge in [-0.1, -0.05) is 30.1 Å². The maximum atomic E-state index is 9.55. The molecule has 1 aromatic rings. The van der Waals surface area contributed by atoms with E-state index in [1.165, 1.54) is 13.0 Å². The van der Waals surface area contributed by atoms with E-state index in [9.17, 15) is 5.11 Å². The first-order valence-electron chi connectivity index (χ1n) is 6.77. The van der Waals surface area contributed by atoms with Crippen LogP contribution in [0.15, 0.2) is 12.1 Å². The minimum absolute atomic E-state index is 0.0492. The first-order chi connectivity index (χ1) is 9.10. The second-order valence-electron chi connectivity index (χ2n) is 4.99. The van der Waals surface area contributed by atoms with Crippen molar-refractivity contribution in [3.8, 4) is 5.75 Å². The van der Waals surface area contributed by atoms with Crippen LogP contribution in [0.25, 0.3) is 0 Å². The van der Waals surface area contributed by atoms with Crippen molar-refractivity contribution >= 4 is 28.9 Å². The van der Waals surface area contributed by atoms with Gasteiger partial charge in [0.1, 0.15) is 0 Å². The van der Waals surface area contributed by atoms with Gasteiger partial charge in [0, 0.05) is 18.3 Å². The molecule has 0 radical (unpaired) electrons. The molecule has 0 saturated carbocycles. The third-order valence-electron chi connectivity index (χ3n) is 3.66. The number of rotatable bonds is 3. The molecule has 3 nitrogen and oxygen atoms in total. The number of phenols is 1. The molecule has 106 valence electrons. The molecular formula is C14H20Cl2N2O. The molecule has 0 spiro atoms. The number of benzene rings is 1. The Balaban J connectivity index is 2.01. The summed E-state index contributed by atoms with van der Waals surface area (Å²) < 4.78 is 0. The van der Waals surface area contributed by atoms with Crippen LogP contribution in [0.2, 0.25) is 10.0 Å². The molecule has 5 heteroatoms. The van der Waals surface area contributed by atoms with Gasteiger partial charge >= 0.3 is 0 Å². The van der Waals surface area contributed by atoms with Gasteiger partial charge in [0.2, 0.25) is 0 Å². The Labute approximate surface area is 124 Å². The highest BCUT2D eigenvalue weighted by Gasteiger charge is 2.16. The highest BCUT2D eigenvalue weighted by atomic mass is 35.5. The highest BCUT2D eigenvalue weighted by Crippen LogP contribution is 2.35. The van der Waals surface area contributed by atoms with Crippen molar-refractivity contribution in [2.75, 3.05) is 25.0 Å². The minimum Gasteiger partial charge on any atom is -0.505 e. The monoisotopic (exact) mass is 302 g/mol. The molecule has 1 fully saturated rings. The van der Waals surface area contributed by atoms with Crippen LogP contribution in [0.3, 0.4) is 0 Å². The number of aromatic hydroxyl groups is 1. The second kappa shape index (κ2) is 6.69. The second-order valence-corrected chi connectivity index (χ2v) is 5.81. The molecule has 19 heavy (non-hydrogen) atoms. The van der Waals surface area contributed by atoms with Gasteiger partial charge in [0.05, 0.1) is 10.0 Å². The lowest BCUT2D eigenvalue weighted by Crippen LogP contribution is -2.26. The molecule has 0 aliphatic carbocycles. The van der Waals surface area contributed by atoms with Gasteiger partial charge in [-0.2, -0.15) is 0 Å². The Kier molecular flexibility index (Phi) is 5.20. The van der Waals surface area contributed by atoms with E-state index in [0.717, 1.165) is 31.6 Å². The summed E-state index contributed by atoms with van der Waals surface area (Å²) in [5.41, 5.74) is 0.878. The average Bonchev–Trinajstić information content (AvgIpc) is 2.61. The molecule has 0 bridgehead atoms. The van der Waals surface area contributed by atoms with Gasteiger partial charge in [-0.3, -0.25) is 0 Å². The topological polar surface area (TPSA) is 35.5 Å². The van der Waals surface area contributed by atoms with Gasteiger partial charge in [0.15, 0.2) is 5.75 Å². The lowest BCUT2D eigenvalue weighted by molar-refractivity contribution is 0.300. The number of phenolic OH excluding ortho intramolecular Hbond substituents is 1. The summed E-state index contributed by atoms with van der Waals surface area (Å²) in [6, 6.07) is 3.89. The van der Waals surface area contributed by atoms with Crippen molar-refractivity contribution in [3.05, 3.63) is 22.2 Å². The third kappa shape index (κ3) is 3.91. The number of nitrogens with one attached hydrogen (secondary N) is 1. The summed E-state index contributed by atoms with van der Waals surface area (Å²) >= 11 is 11.9. The van der Waals surface area contributed by atoms with E-state index >= 15 is 0 Å². The average molecular weight is 303 g/mol. The molecule has 0 aromatic heterocycles. The molecule has 2 N–H and O–H groups in total. The lowest BCUT2D eigenvalue weighted by atomic mass is 10.1. The third-order valence-corrected chi connectivity index (χ3v) is 4.23. The van der Waals surface area contributed by atoms with E-state index in [1.54, 1.807) is 12.1 Å². The summed E-state index contributed by atoms with van der Waals surface area (Å²) in [6.07, 6.45) is 3.46. The molecule has 0 amide bonds. The number of hydrogen-bond acceptors (Lipinski definition) is 3. The largest absolute Gasteiger partial charge is 0.505 e. The van der Waals surface area contributed by atoms with Crippen molar-refractivity contribution in [2.45, 2.75) is 32.2 Å². The van der Waals surface area contributed by atoms with Crippen molar-refractivity contribution in [2.24, 2.45) is 0 Å². The lowest BCUT2D eigenvalue weighted by Gasteiger charge is -2.19. The molecule has 1 unspecified atom stereocenters. The van der Waals surface area contributed by atoms with Crippen LogP contribution < -0.4 is 5.32 Å². The normalized spacial score (nSPS) is 21.1. The fourth-order valence-electron chi connectivity index (χ4n) is 2.50. The summed E-state index contributed by atoms with van der Waals surface area (Å²) in [5.74, 6) is -0.0492. The van der Waals surface area contributed by atoms with E-state index in [0.29, 0.717) is 16.1 Å². The molecular weight excluding hydrogens is 283 g/mol. The predicted octanol–water partition coefficient (Wildman–Crippen LogP) is 3.99. The number of nitrogens with zero attached hydrogens (tertiary/aromatic N) is 1. The highest BCUT2D eigenvalue weighted by molar-refractivity contribution is 6.37. The standard InChI is InChI=1S/C14H20Cl2N2O/c1-2-18-6-3-4-10(5-7-18)17-11-8-12(15)14(19)13(16)9-11/h8-10,17,19H,2-7H2,1H3. The zero-order valence-electron chi connectivity index (χ0n) is 11.1. The number of hydrogen-bond donors (Lipinski definition) is 2. The molecule has 1 aliphatic rings. The van der Waals surface area contributed by atoms with Crippen molar-refractivity contribution in [3.63, 3.8) is 0 Å². The summed E-state index contributed by atoms with van der Waals surface area (Å²) in [6.45, 7) is 5.61. The van der Waals surface area contributed by atoms with Gasteiger partial charge < -0.3 is 15.3 Å². The quantitative estimate of drug-likeness (QED) is 0.829. The zero-order valence-corrected chi connectivity index (χ0v) is 12.6. The van der Waals surface area contributed by atoms with E-state index < -0.39 is 0 Å². The fourth-order valence-corrected chi connectivity index (χ4v) is 2.99. The van der Waals surface area contributed by atoms with Crippen LogP contribution in [0.4, 0.5) is 5.69 Å². The van der Waals surface area contributed by atoms with Crippen LogP contribution >= 0.6 is 23.2 Å². The maximum Gasteiger partial charge on any atom is 0.152 e. The fraction of sp³-hybridized carbons (Fsp3) is 0.571. The Morgan fingerprint density at radius 2 is 1.95 bits per heavy atom. The number of anilines is 1. The molecule has 1 aliphatic heterocycles. The van der Waals surface area contributed by atoms with Gasteiger partial charge in [-0.05, 0) is 44.5 Å². The molecule has 2 rings (SSSR count). The Bertz CT molecular complexity index is 416. The first-order valence-corrected chi connectivity index (χ1v) is 7.52. The number of halogens is 2. The van der Waals surface area contributed by atoms with Crippen LogP contribution in [0.1, 0.15) is 26.2 Å². The Morgan fingerprint density at radius 1 is 1.26 bits per heavy atom. The SMILES string of the molecule is CCN1CCCC(Nc2cc(Cl)c(O)c(Cl)c2)CC1. The van der Waals surface area contributed by atoms with Gasteiger partial charge in [-0.25, -0.2) is 0 Å². The Hall–Kier alpha value is -0.640. The van der Waals surface area contributed by atoms with Crippen molar-refractivity contribution in [1.29, 1.82) is 0 Å². The first kappa shape index (κ1) is 14.8. The van der Waals surface area contributed by atoms with Crippen LogP contribution in [-0.4, -0.2) is 35.7 Å². The van der Waals surface area contributed by atoms with Crippen molar-refractivity contribution < 1.29 is 5.11 Å². The number of likely N-dealkylation sites (tertiary alicyclic amines) is 1. The Morgan fingerprint density at radius 3 is 2.58 bits per heavy atom. The summed E-state index contributed by atoms with van der Waals surface area (Å²) in [4.78, 5) is 2.47. The van der Waals surface area contributed by atoms with E-state index in [1.807, 2.05) is 0 Å². The molecule has 1 atom stereocenters. The smallest absolute Gasteiger partial charge is 0.152 e. The summed E-state index contributed by atoms with van der Waals surface area (Å²) in [7, 11) is 0. The minimum atomic E-state index is -0.0492. The summed E-state index contributed by atoms with van der Waals surface area (Å²) in [5, 5.41) is 13.6.